The summed E-state index contributed by atoms with van der Waals surface area (Å²) < 4.78 is 5.76. The Hall–Kier alpha value is -1.35. The van der Waals surface area contributed by atoms with Crippen molar-refractivity contribution >= 4 is 5.91 Å². The van der Waals surface area contributed by atoms with E-state index in [1.54, 1.807) is 0 Å². The summed E-state index contributed by atoms with van der Waals surface area (Å²) in [6.45, 7) is 0.565. The Bertz CT molecular complexity index is 346. The molecule has 86 valence electrons. The highest BCUT2D eigenvalue weighted by molar-refractivity contribution is 5.74. The van der Waals surface area contributed by atoms with Gasteiger partial charge in [0.05, 0.1) is 19.1 Å². The molecule has 1 aliphatic carbocycles. The second-order valence-corrected chi connectivity index (χ2v) is 4.34. The highest BCUT2D eigenvalue weighted by atomic mass is 16.5. The summed E-state index contributed by atoms with van der Waals surface area (Å²) >= 11 is 0. The largest absolute Gasteiger partial charge is 0.373 e. The summed E-state index contributed by atoms with van der Waals surface area (Å²) in [7, 11) is 0. The van der Waals surface area contributed by atoms with E-state index in [9.17, 15) is 4.79 Å². The quantitative estimate of drug-likeness (QED) is 0.794. The number of amides is 1. The van der Waals surface area contributed by atoms with Crippen LogP contribution in [-0.4, -0.2) is 12.0 Å². The first-order valence-electron chi connectivity index (χ1n) is 5.69. The number of primary amides is 1. The van der Waals surface area contributed by atoms with E-state index in [2.05, 4.69) is 0 Å². The molecule has 0 aromatic heterocycles. The van der Waals surface area contributed by atoms with E-state index in [0.717, 1.165) is 18.4 Å². The second kappa shape index (κ2) is 5.12. The van der Waals surface area contributed by atoms with Gasteiger partial charge in [-0.15, -0.1) is 0 Å². The molecule has 0 heterocycles. The van der Waals surface area contributed by atoms with Crippen LogP contribution in [0.25, 0.3) is 0 Å². The highest BCUT2D eigenvalue weighted by Gasteiger charge is 2.32. The molecule has 0 saturated heterocycles. The van der Waals surface area contributed by atoms with Crippen molar-refractivity contribution in [2.24, 2.45) is 11.7 Å². The van der Waals surface area contributed by atoms with Gasteiger partial charge in [0.2, 0.25) is 5.91 Å². The topological polar surface area (TPSA) is 52.3 Å². The molecular formula is C13H17NO2. The lowest BCUT2D eigenvalue weighted by Gasteiger charge is -2.15. The molecule has 1 saturated carbocycles. The van der Waals surface area contributed by atoms with Crippen LogP contribution in [0, 0.1) is 5.92 Å². The molecule has 2 rings (SSSR count). The summed E-state index contributed by atoms with van der Waals surface area (Å²) in [5, 5.41) is 0. The zero-order valence-corrected chi connectivity index (χ0v) is 9.26. The van der Waals surface area contributed by atoms with Crippen molar-refractivity contribution in [1.82, 2.24) is 0 Å². The van der Waals surface area contributed by atoms with Gasteiger partial charge < -0.3 is 10.5 Å². The third kappa shape index (κ3) is 3.35. The minimum absolute atomic E-state index is 0.0118. The van der Waals surface area contributed by atoms with Crippen molar-refractivity contribution in [2.75, 3.05) is 0 Å². The smallest absolute Gasteiger partial charge is 0.220 e. The van der Waals surface area contributed by atoms with E-state index in [1.165, 1.54) is 0 Å². The molecule has 1 fully saturated rings. The molecule has 3 nitrogen and oxygen atoms in total. The minimum Gasteiger partial charge on any atom is -0.373 e. The summed E-state index contributed by atoms with van der Waals surface area (Å²) in [4.78, 5) is 10.9. The fourth-order valence-electron chi connectivity index (χ4n) is 1.81. The van der Waals surface area contributed by atoms with Crippen molar-refractivity contribution in [2.45, 2.75) is 32.0 Å². The van der Waals surface area contributed by atoms with Gasteiger partial charge in [-0.1, -0.05) is 30.3 Å². The molecule has 1 amide bonds. The fraction of sp³-hybridized carbons (Fsp3) is 0.462. The van der Waals surface area contributed by atoms with E-state index in [-0.39, 0.29) is 12.0 Å². The summed E-state index contributed by atoms with van der Waals surface area (Å²) in [6.07, 6.45) is 2.68. The van der Waals surface area contributed by atoms with Gasteiger partial charge in [-0.2, -0.15) is 0 Å². The first kappa shape index (κ1) is 11.1. The van der Waals surface area contributed by atoms with Gasteiger partial charge in [0.15, 0.2) is 0 Å². The number of hydrogen-bond donors (Lipinski definition) is 1. The Morgan fingerprint density at radius 2 is 2.06 bits per heavy atom. The molecule has 0 radical (unpaired) electrons. The minimum atomic E-state index is -0.273. The maximum atomic E-state index is 10.9. The van der Waals surface area contributed by atoms with Gasteiger partial charge in [-0.25, -0.2) is 0 Å². The zero-order chi connectivity index (χ0) is 11.4. The third-order valence-corrected chi connectivity index (χ3v) is 2.86. The number of nitrogens with two attached hydrogens (primary N) is 1. The molecule has 0 spiro atoms. The van der Waals surface area contributed by atoms with E-state index < -0.39 is 0 Å². The van der Waals surface area contributed by atoms with Gasteiger partial charge in [-0.3, -0.25) is 4.79 Å². The molecule has 0 aliphatic heterocycles. The maximum absolute atomic E-state index is 10.9. The average Bonchev–Trinajstić information content (AvgIpc) is 3.09. The molecular weight excluding hydrogens is 202 g/mol. The molecule has 1 aromatic carbocycles. The Labute approximate surface area is 95.6 Å². The van der Waals surface area contributed by atoms with Crippen LogP contribution in [0.4, 0.5) is 0 Å². The van der Waals surface area contributed by atoms with Crippen LogP contribution < -0.4 is 5.73 Å². The molecule has 1 aromatic rings. The van der Waals surface area contributed by atoms with E-state index in [0.29, 0.717) is 18.9 Å². The second-order valence-electron chi connectivity index (χ2n) is 4.34. The predicted molar refractivity (Wildman–Crippen MR) is 61.6 cm³/mol. The van der Waals surface area contributed by atoms with Gasteiger partial charge in [0, 0.05) is 0 Å². The van der Waals surface area contributed by atoms with Crippen molar-refractivity contribution in [3.05, 3.63) is 35.9 Å². The van der Waals surface area contributed by atoms with E-state index >= 15 is 0 Å². The molecule has 0 bridgehead atoms. The maximum Gasteiger partial charge on any atom is 0.220 e. The summed E-state index contributed by atoms with van der Waals surface area (Å²) in [5.74, 6) is 0.265. The standard InChI is InChI=1S/C13H17NO2/c14-13(15)8-12(11-6-7-11)16-9-10-4-2-1-3-5-10/h1-5,11-12H,6-9H2,(H2,14,15). The van der Waals surface area contributed by atoms with E-state index in [4.69, 9.17) is 10.5 Å². The molecule has 1 aliphatic rings. The lowest BCUT2D eigenvalue weighted by atomic mass is 10.1. The Balaban J connectivity index is 1.84. The Morgan fingerprint density at radius 3 is 2.62 bits per heavy atom. The van der Waals surface area contributed by atoms with Gasteiger partial charge in [0.1, 0.15) is 0 Å². The van der Waals surface area contributed by atoms with Gasteiger partial charge >= 0.3 is 0 Å². The SMILES string of the molecule is NC(=O)CC(OCc1ccccc1)C1CC1. The predicted octanol–water partition coefficient (Wildman–Crippen LogP) is 1.86. The van der Waals surface area contributed by atoms with E-state index in [1.807, 2.05) is 30.3 Å². The van der Waals surface area contributed by atoms with Crippen LogP contribution in [0.5, 0.6) is 0 Å². The number of rotatable bonds is 6. The van der Waals surface area contributed by atoms with Crippen LogP contribution >= 0.6 is 0 Å². The number of hydrogen-bond acceptors (Lipinski definition) is 2. The van der Waals surface area contributed by atoms with Crippen molar-refractivity contribution in [3.8, 4) is 0 Å². The number of benzene rings is 1. The summed E-state index contributed by atoms with van der Waals surface area (Å²) in [5.41, 5.74) is 6.35. The molecule has 1 unspecified atom stereocenters. The average molecular weight is 219 g/mol. The van der Waals surface area contributed by atoms with Crippen molar-refractivity contribution < 1.29 is 9.53 Å². The zero-order valence-electron chi connectivity index (χ0n) is 9.26. The molecule has 1 atom stereocenters. The van der Waals surface area contributed by atoms with Crippen LogP contribution in [-0.2, 0) is 16.1 Å². The van der Waals surface area contributed by atoms with Gasteiger partial charge in [0.25, 0.3) is 0 Å². The Kier molecular flexibility index (Phi) is 3.57. The first-order chi connectivity index (χ1) is 7.75. The van der Waals surface area contributed by atoms with Crippen LogP contribution in [0.1, 0.15) is 24.8 Å². The monoisotopic (exact) mass is 219 g/mol. The Morgan fingerprint density at radius 1 is 1.38 bits per heavy atom. The highest BCUT2D eigenvalue weighted by Crippen LogP contribution is 2.36. The first-order valence-corrected chi connectivity index (χ1v) is 5.69. The summed E-state index contributed by atoms with van der Waals surface area (Å²) in [6, 6.07) is 9.99. The lowest BCUT2D eigenvalue weighted by Crippen LogP contribution is -2.24. The number of carbonyl (C=O) groups excluding carboxylic acids is 1. The molecule has 2 N–H and O–H groups in total. The van der Waals surface area contributed by atoms with Crippen molar-refractivity contribution in [1.29, 1.82) is 0 Å². The molecule has 16 heavy (non-hydrogen) atoms. The fourth-order valence-corrected chi connectivity index (χ4v) is 1.81. The van der Waals surface area contributed by atoms with Crippen LogP contribution in [0.15, 0.2) is 30.3 Å². The number of carbonyl (C=O) groups is 1. The van der Waals surface area contributed by atoms with Crippen molar-refractivity contribution in [3.63, 3.8) is 0 Å². The lowest BCUT2D eigenvalue weighted by molar-refractivity contribution is -0.121. The normalized spacial score (nSPS) is 17.0. The van der Waals surface area contributed by atoms with Crippen LogP contribution in [0.2, 0.25) is 0 Å². The third-order valence-electron chi connectivity index (χ3n) is 2.86. The molecule has 3 heteroatoms. The number of ether oxygens (including phenoxy) is 1. The van der Waals surface area contributed by atoms with Crippen LogP contribution in [0.3, 0.4) is 0 Å². The van der Waals surface area contributed by atoms with Gasteiger partial charge in [-0.05, 0) is 24.3 Å².